The number of methoxy groups -OCH3 is 1. The maximum absolute atomic E-state index is 6.12. The predicted molar refractivity (Wildman–Crippen MR) is 82.4 cm³/mol. The third kappa shape index (κ3) is 3.11. The lowest BCUT2D eigenvalue weighted by Crippen LogP contribution is -2.51. The second kappa shape index (κ2) is 6.33. The van der Waals surface area contributed by atoms with Crippen LogP contribution in [0.4, 0.5) is 0 Å². The van der Waals surface area contributed by atoms with Gasteiger partial charge in [0.05, 0.1) is 7.11 Å². The molecule has 0 bridgehead atoms. The first-order valence-corrected chi connectivity index (χ1v) is 7.92. The van der Waals surface area contributed by atoms with Crippen molar-refractivity contribution in [2.24, 2.45) is 5.92 Å². The van der Waals surface area contributed by atoms with Gasteiger partial charge >= 0.3 is 0 Å². The Balaban J connectivity index is 1.67. The van der Waals surface area contributed by atoms with Crippen molar-refractivity contribution >= 4 is 11.6 Å². The van der Waals surface area contributed by atoms with Crippen molar-refractivity contribution in [3.8, 4) is 5.75 Å². The van der Waals surface area contributed by atoms with Crippen LogP contribution in [-0.4, -0.2) is 37.7 Å². The molecule has 3 rings (SSSR count). The molecule has 0 amide bonds. The van der Waals surface area contributed by atoms with E-state index in [1.54, 1.807) is 7.11 Å². The van der Waals surface area contributed by atoms with E-state index in [2.05, 4.69) is 10.2 Å². The van der Waals surface area contributed by atoms with Crippen molar-refractivity contribution in [3.05, 3.63) is 28.8 Å². The van der Waals surface area contributed by atoms with E-state index in [1.165, 1.54) is 37.9 Å². The fourth-order valence-corrected chi connectivity index (χ4v) is 3.77. The van der Waals surface area contributed by atoms with E-state index < -0.39 is 0 Å². The third-order valence-electron chi connectivity index (χ3n) is 4.61. The van der Waals surface area contributed by atoms with Gasteiger partial charge in [-0.3, -0.25) is 4.90 Å². The molecule has 2 heterocycles. The molecule has 2 atom stereocenters. The van der Waals surface area contributed by atoms with Crippen LogP contribution >= 0.6 is 11.6 Å². The van der Waals surface area contributed by atoms with Gasteiger partial charge in [0.1, 0.15) is 5.75 Å². The molecule has 0 aliphatic carbocycles. The topological polar surface area (TPSA) is 24.5 Å². The monoisotopic (exact) mass is 294 g/mol. The van der Waals surface area contributed by atoms with Crippen LogP contribution in [0.5, 0.6) is 5.75 Å². The Labute approximate surface area is 126 Å². The molecule has 110 valence electrons. The number of hydrogen-bond acceptors (Lipinski definition) is 3. The molecule has 0 radical (unpaired) electrons. The van der Waals surface area contributed by atoms with Gasteiger partial charge < -0.3 is 10.1 Å². The van der Waals surface area contributed by atoms with Gasteiger partial charge in [-0.15, -0.1) is 0 Å². The first-order valence-electron chi connectivity index (χ1n) is 7.54. The number of nitrogens with zero attached hydrogens (tertiary/aromatic N) is 1. The Bertz CT molecular complexity index is 466. The molecule has 2 aliphatic heterocycles. The molecular weight excluding hydrogens is 272 g/mol. The molecule has 2 fully saturated rings. The maximum atomic E-state index is 6.12. The minimum atomic E-state index is 0.737. The van der Waals surface area contributed by atoms with Gasteiger partial charge in [0.2, 0.25) is 0 Å². The number of hydrogen-bond donors (Lipinski definition) is 1. The summed E-state index contributed by atoms with van der Waals surface area (Å²) in [5, 5.41) is 4.45. The Morgan fingerprint density at radius 3 is 3.15 bits per heavy atom. The highest BCUT2D eigenvalue weighted by atomic mass is 35.5. The molecule has 3 nitrogen and oxygen atoms in total. The lowest BCUT2D eigenvalue weighted by molar-refractivity contribution is 0.108. The van der Waals surface area contributed by atoms with Crippen molar-refractivity contribution in [2.45, 2.75) is 31.8 Å². The van der Waals surface area contributed by atoms with Crippen molar-refractivity contribution in [2.75, 3.05) is 26.7 Å². The molecule has 1 aromatic rings. The molecule has 20 heavy (non-hydrogen) atoms. The molecule has 1 aromatic carbocycles. The van der Waals surface area contributed by atoms with Crippen molar-refractivity contribution < 1.29 is 4.74 Å². The second-order valence-corrected chi connectivity index (χ2v) is 6.38. The Hall–Kier alpha value is -0.770. The van der Waals surface area contributed by atoms with E-state index in [9.17, 15) is 0 Å². The number of rotatable bonds is 3. The van der Waals surface area contributed by atoms with Gasteiger partial charge in [-0.1, -0.05) is 11.6 Å². The standard InChI is InChI=1S/C16H23ClN2O/c1-20-16-5-4-14(17)9-13(16)11-19-8-6-15-12(10-19)3-2-7-18-15/h4-5,9,12,15,18H,2-3,6-8,10-11H2,1H3. The predicted octanol–water partition coefficient (Wildman–Crippen LogP) is 2.92. The van der Waals surface area contributed by atoms with E-state index >= 15 is 0 Å². The largest absolute Gasteiger partial charge is 0.496 e. The normalized spacial score (nSPS) is 27.1. The zero-order chi connectivity index (χ0) is 13.9. The number of piperidine rings is 2. The van der Waals surface area contributed by atoms with Crippen LogP contribution in [0.1, 0.15) is 24.8 Å². The van der Waals surface area contributed by atoms with Crippen LogP contribution < -0.4 is 10.1 Å². The van der Waals surface area contributed by atoms with E-state index in [4.69, 9.17) is 16.3 Å². The molecule has 2 aliphatic rings. The number of ether oxygens (including phenoxy) is 1. The molecular formula is C16H23ClN2O. The van der Waals surface area contributed by atoms with E-state index in [0.29, 0.717) is 0 Å². The third-order valence-corrected chi connectivity index (χ3v) is 4.85. The average molecular weight is 295 g/mol. The maximum Gasteiger partial charge on any atom is 0.123 e. The minimum Gasteiger partial charge on any atom is -0.496 e. The summed E-state index contributed by atoms with van der Waals surface area (Å²) in [5.74, 6) is 1.75. The van der Waals surface area contributed by atoms with Crippen molar-refractivity contribution in [3.63, 3.8) is 0 Å². The fourth-order valence-electron chi connectivity index (χ4n) is 3.58. The zero-order valence-electron chi connectivity index (χ0n) is 12.1. The van der Waals surface area contributed by atoms with Gasteiger partial charge in [0, 0.05) is 29.7 Å². The van der Waals surface area contributed by atoms with Crippen LogP contribution in [0.15, 0.2) is 18.2 Å². The van der Waals surface area contributed by atoms with Gasteiger partial charge in [-0.05, 0) is 56.5 Å². The number of likely N-dealkylation sites (tertiary alicyclic amines) is 1. The molecule has 0 aromatic heterocycles. The summed E-state index contributed by atoms with van der Waals surface area (Å²) >= 11 is 6.12. The first-order chi connectivity index (χ1) is 9.76. The van der Waals surface area contributed by atoms with E-state index in [1.807, 2.05) is 18.2 Å². The Morgan fingerprint density at radius 1 is 1.40 bits per heavy atom. The highest BCUT2D eigenvalue weighted by Crippen LogP contribution is 2.29. The summed E-state index contributed by atoms with van der Waals surface area (Å²) in [7, 11) is 1.73. The van der Waals surface area contributed by atoms with Gasteiger partial charge in [-0.2, -0.15) is 0 Å². The second-order valence-electron chi connectivity index (χ2n) is 5.94. The molecule has 1 N–H and O–H groups in total. The highest BCUT2D eigenvalue weighted by Gasteiger charge is 2.31. The number of benzene rings is 1. The summed E-state index contributed by atoms with van der Waals surface area (Å²) in [6.07, 6.45) is 3.93. The molecule has 4 heteroatoms. The fraction of sp³-hybridized carbons (Fsp3) is 0.625. The van der Waals surface area contributed by atoms with Crippen molar-refractivity contribution in [1.29, 1.82) is 0 Å². The SMILES string of the molecule is COc1ccc(Cl)cc1CN1CCC2NCCCC2C1. The molecule has 0 saturated carbocycles. The Kier molecular flexibility index (Phi) is 4.49. The van der Waals surface area contributed by atoms with Gasteiger partial charge in [-0.25, -0.2) is 0 Å². The number of fused-ring (bicyclic) bond motifs is 1. The molecule has 2 saturated heterocycles. The van der Waals surface area contributed by atoms with Crippen LogP contribution in [-0.2, 0) is 6.54 Å². The molecule has 2 unspecified atom stereocenters. The van der Waals surface area contributed by atoms with Crippen molar-refractivity contribution in [1.82, 2.24) is 10.2 Å². The van der Waals surface area contributed by atoms with Crippen LogP contribution in [0, 0.1) is 5.92 Å². The van der Waals surface area contributed by atoms with Crippen LogP contribution in [0.3, 0.4) is 0 Å². The van der Waals surface area contributed by atoms with E-state index in [0.717, 1.165) is 35.8 Å². The summed E-state index contributed by atoms with van der Waals surface area (Å²) in [6.45, 7) is 4.48. The van der Waals surface area contributed by atoms with Gasteiger partial charge in [0.25, 0.3) is 0 Å². The minimum absolute atomic E-state index is 0.737. The highest BCUT2D eigenvalue weighted by molar-refractivity contribution is 6.30. The van der Waals surface area contributed by atoms with Crippen LogP contribution in [0.2, 0.25) is 5.02 Å². The van der Waals surface area contributed by atoms with Gasteiger partial charge in [0.15, 0.2) is 0 Å². The quantitative estimate of drug-likeness (QED) is 0.928. The van der Waals surface area contributed by atoms with Crippen LogP contribution in [0.25, 0.3) is 0 Å². The van der Waals surface area contributed by atoms with E-state index in [-0.39, 0.29) is 0 Å². The lowest BCUT2D eigenvalue weighted by Gasteiger charge is -2.42. The lowest BCUT2D eigenvalue weighted by atomic mass is 9.85. The first kappa shape index (κ1) is 14.2. The summed E-state index contributed by atoms with van der Waals surface area (Å²) in [6, 6.07) is 6.63. The zero-order valence-corrected chi connectivity index (χ0v) is 12.8. The summed E-state index contributed by atoms with van der Waals surface area (Å²) in [5.41, 5.74) is 1.20. The number of halogens is 1. The smallest absolute Gasteiger partial charge is 0.123 e. The summed E-state index contributed by atoms with van der Waals surface area (Å²) in [4.78, 5) is 2.54. The average Bonchev–Trinajstić information content (AvgIpc) is 2.47. The summed E-state index contributed by atoms with van der Waals surface area (Å²) < 4.78 is 5.45. The number of nitrogens with one attached hydrogen (secondary N) is 1. The Morgan fingerprint density at radius 2 is 2.30 bits per heavy atom. The molecule has 0 spiro atoms.